The zero-order chi connectivity index (χ0) is 17.5. The van der Waals surface area contributed by atoms with Crippen LogP contribution in [0.2, 0.25) is 0 Å². The first kappa shape index (κ1) is 15.9. The van der Waals surface area contributed by atoms with Gasteiger partial charge in [-0.1, -0.05) is 6.92 Å². The van der Waals surface area contributed by atoms with Crippen molar-refractivity contribution in [2.24, 2.45) is 5.92 Å². The number of aromatic nitrogens is 4. The third-order valence-corrected chi connectivity index (χ3v) is 6.69. The van der Waals surface area contributed by atoms with Gasteiger partial charge >= 0.3 is 0 Å². The Morgan fingerprint density at radius 1 is 1.04 bits per heavy atom. The molecule has 0 N–H and O–H groups in total. The van der Waals surface area contributed by atoms with Crippen molar-refractivity contribution in [1.82, 2.24) is 19.9 Å². The Balaban J connectivity index is 1.43. The standard InChI is InChI=1S/C19H22N6S/c1-13-2-3-14-15(10-13)26-19-17(14)18(22-12-23-19)25-8-6-24(7-9-25)16-11-20-4-5-21-16/h4-5,11-13H,2-3,6-10H2,1H3/t13-/m0/s1. The van der Waals surface area contributed by atoms with Gasteiger partial charge in [0.15, 0.2) is 0 Å². The molecule has 5 rings (SSSR count). The molecule has 0 saturated carbocycles. The fourth-order valence-electron chi connectivity index (χ4n) is 4.10. The second-order valence-electron chi connectivity index (χ2n) is 7.27. The Morgan fingerprint density at radius 2 is 1.88 bits per heavy atom. The van der Waals surface area contributed by atoms with Crippen LogP contribution in [0.3, 0.4) is 0 Å². The molecule has 0 bridgehead atoms. The van der Waals surface area contributed by atoms with E-state index in [0.29, 0.717) is 0 Å². The van der Waals surface area contributed by atoms with Crippen LogP contribution < -0.4 is 9.80 Å². The Morgan fingerprint density at radius 3 is 2.69 bits per heavy atom. The van der Waals surface area contributed by atoms with Crippen molar-refractivity contribution in [3.05, 3.63) is 35.4 Å². The van der Waals surface area contributed by atoms with Gasteiger partial charge < -0.3 is 9.80 Å². The van der Waals surface area contributed by atoms with Crippen molar-refractivity contribution in [1.29, 1.82) is 0 Å². The molecule has 2 aliphatic rings. The van der Waals surface area contributed by atoms with Gasteiger partial charge in [0.25, 0.3) is 0 Å². The number of nitrogens with zero attached hydrogens (tertiary/aromatic N) is 6. The molecule has 26 heavy (non-hydrogen) atoms. The van der Waals surface area contributed by atoms with Crippen molar-refractivity contribution in [2.75, 3.05) is 36.0 Å². The van der Waals surface area contributed by atoms with Gasteiger partial charge in [0, 0.05) is 43.4 Å². The highest BCUT2D eigenvalue weighted by Crippen LogP contribution is 2.40. The van der Waals surface area contributed by atoms with Crippen LogP contribution in [0.5, 0.6) is 0 Å². The number of hydrogen-bond donors (Lipinski definition) is 0. The predicted molar refractivity (Wildman–Crippen MR) is 105 cm³/mol. The van der Waals surface area contributed by atoms with Crippen LogP contribution in [0.15, 0.2) is 24.9 Å². The number of piperazine rings is 1. The quantitative estimate of drug-likeness (QED) is 0.695. The van der Waals surface area contributed by atoms with E-state index in [4.69, 9.17) is 4.98 Å². The molecule has 1 fully saturated rings. The molecule has 0 amide bonds. The number of anilines is 2. The van der Waals surface area contributed by atoms with Gasteiger partial charge in [0.2, 0.25) is 0 Å². The van der Waals surface area contributed by atoms with Crippen molar-refractivity contribution in [2.45, 2.75) is 26.2 Å². The fraction of sp³-hybridized carbons (Fsp3) is 0.474. The van der Waals surface area contributed by atoms with Crippen LogP contribution >= 0.6 is 11.3 Å². The summed E-state index contributed by atoms with van der Waals surface area (Å²) in [6, 6.07) is 0. The highest BCUT2D eigenvalue weighted by atomic mass is 32.1. The number of aryl methyl sites for hydroxylation is 1. The highest BCUT2D eigenvalue weighted by molar-refractivity contribution is 7.19. The van der Waals surface area contributed by atoms with Crippen molar-refractivity contribution >= 4 is 33.2 Å². The summed E-state index contributed by atoms with van der Waals surface area (Å²) >= 11 is 1.87. The van der Waals surface area contributed by atoms with Crippen LogP contribution in [-0.2, 0) is 12.8 Å². The SMILES string of the molecule is C[C@H]1CCc2c(sc3ncnc(N4CCN(c5cnccn5)CC4)c23)C1. The van der Waals surface area contributed by atoms with Gasteiger partial charge in [-0.3, -0.25) is 4.98 Å². The minimum Gasteiger partial charge on any atom is -0.352 e. The van der Waals surface area contributed by atoms with E-state index in [1.807, 2.05) is 17.5 Å². The summed E-state index contributed by atoms with van der Waals surface area (Å²) in [7, 11) is 0. The van der Waals surface area contributed by atoms with Gasteiger partial charge in [0.05, 0.1) is 11.6 Å². The lowest BCUT2D eigenvalue weighted by Crippen LogP contribution is -2.47. The summed E-state index contributed by atoms with van der Waals surface area (Å²) in [5, 5.41) is 1.31. The van der Waals surface area contributed by atoms with E-state index in [1.54, 1.807) is 18.7 Å². The molecule has 7 heteroatoms. The predicted octanol–water partition coefficient (Wildman–Crippen LogP) is 2.93. The second-order valence-corrected chi connectivity index (χ2v) is 8.35. The van der Waals surface area contributed by atoms with E-state index in [0.717, 1.165) is 55.0 Å². The Kier molecular flexibility index (Phi) is 3.96. The maximum Gasteiger partial charge on any atom is 0.147 e. The van der Waals surface area contributed by atoms with Gasteiger partial charge in [-0.05, 0) is 30.7 Å². The highest BCUT2D eigenvalue weighted by Gasteiger charge is 2.26. The van der Waals surface area contributed by atoms with E-state index >= 15 is 0 Å². The molecule has 1 aliphatic carbocycles. The largest absolute Gasteiger partial charge is 0.352 e. The van der Waals surface area contributed by atoms with Gasteiger partial charge in [-0.25, -0.2) is 15.0 Å². The maximum atomic E-state index is 4.70. The van der Waals surface area contributed by atoms with E-state index in [9.17, 15) is 0 Å². The molecule has 1 aliphatic heterocycles. The minimum atomic E-state index is 0.780. The third-order valence-electron chi connectivity index (χ3n) is 5.52. The first-order valence-corrected chi connectivity index (χ1v) is 10.1. The lowest BCUT2D eigenvalue weighted by Gasteiger charge is -2.36. The summed E-state index contributed by atoms with van der Waals surface area (Å²) in [6.07, 6.45) is 10.7. The summed E-state index contributed by atoms with van der Waals surface area (Å²) < 4.78 is 0. The number of thiophene rings is 1. The molecule has 0 aromatic carbocycles. The molecule has 0 unspecified atom stereocenters. The topological polar surface area (TPSA) is 58.0 Å². The van der Waals surface area contributed by atoms with Gasteiger partial charge in [0.1, 0.15) is 22.8 Å². The van der Waals surface area contributed by atoms with Gasteiger partial charge in [-0.2, -0.15) is 0 Å². The lowest BCUT2D eigenvalue weighted by atomic mass is 9.89. The van der Waals surface area contributed by atoms with E-state index < -0.39 is 0 Å². The zero-order valence-corrected chi connectivity index (χ0v) is 15.7. The monoisotopic (exact) mass is 366 g/mol. The second kappa shape index (κ2) is 6.46. The average Bonchev–Trinajstić information content (AvgIpc) is 3.06. The molecule has 1 saturated heterocycles. The Labute approximate surface area is 156 Å². The molecule has 1 atom stereocenters. The maximum absolute atomic E-state index is 4.70. The van der Waals surface area contributed by atoms with E-state index in [1.165, 1.54) is 28.7 Å². The van der Waals surface area contributed by atoms with E-state index in [2.05, 4.69) is 31.7 Å². The van der Waals surface area contributed by atoms with Crippen molar-refractivity contribution in [3.8, 4) is 0 Å². The summed E-state index contributed by atoms with van der Waals surface area (Å²) in [5.41, 5.74) is 1.51. The van der Waals surface area contributed by atoms with Crippen molar-refractivity contribution in [3.63, 3.8) is 0 Å². The lowest BCUT2D eigenvalue weighted by molar-refractivity contribution is 0.509. The molecular weight excluding hydrogens is 344 g/mol. The number of rotatable bonds is 2. The van der Waals surface area contributed by atoms with Gasteiger partial charge in [-0.15, -0.1) is 11.3 Å². The molecular formula is C19H22N6S. The Bertz CT molecular complexity index is 916. The smallest absolute Gasteiger partial charge is 0.147 e. The molecule has 3 aromatic heterocycles. The zero-order valence-electron chi connectivity index (χ0n) is 14.9. The molecule has 4 heterocycles. The summed E-state index contributed by atoms with van der Waals surface area (Å²) in [5.74, 6) is 2.87. The van der Waals surface area contributed by atoms with Crippen LogP contribution in [0.4, 0.5) is 11.6 Å². The molecule has 6 nitrogen and oxygen atoms in total. The summed E-state index contributed by atoms with van der Waals surface area (Å²) in [4.78, 5) is 25.3. The fourth-order valence-corrected chi connectivity index (χ4v) is 5.45. The van der Waals surface area contributed by atoms with E-state index in [-0.39, 0.29) is 0 Å². The minimum absolute atomic E-state index is 0.780. The number of fused-ring (bicyclic) bond motifs is 3. The first-order valence-electron chi connectivity index (χ1n) is 9.31. The molecule has 3 aromatic rings. The third kappa shape index (κ3) is 2.70. The average molecular weight is 366 g/mol. The van der Waals surface area contributed by atoms with Crippen LogP contribution in [0, 0.1) is 5.92 Å². The molecule has 0 spiro atoms. The van der Waals surface area contributed by atoms with Crippen LogP contribution in [-0.4, -0.2) is 46.1 Å². The van der Waals surface area contributed by atoms with Crippen LogP contribution in [0.1, 0.15) is 23.8 Å². The normalized spacial score (nSPS) is 20.4. The first-order chi connectivity index (χ1) is 12.8. The number of hydrogen-bond acceptors (Lipinski definition) is 7. The molecule has 134 valence electrons. The molecule has 0 radical (unpaired) electrons. The van der Waals surface area contributed by atoms with Crippen molar-refractivity contribution < 1.29 is 0 Å². The Hall–Kier alpha value is -2.28. The van der Waals surface area contributed by atoms with Crippen LogP contribution in [0.25, 0.3) is 10.2 Å². The summed E-state index contributed by atoms with van der Waals surface area (Å²) in [6.45, 7) is 6.13.